The van der Waals surface area contributed by atoms with Gasteiger partial charge in [-0.05, 0) is 31.5 Å². The van der Waals surface area contributed by atoms with Crippen LogP contribution >= 0.6 is 0 Å². The first-order valence-electron chi connectivity index (χ1n) is 6.51. The lowest BCUT2D eigenvalue weighted by atomic mass is 10.0. The number of hydrogen-bond acceptors (Lipinski definition) is 3. The van der Waals surface area contributed by atoms with E-state index in [0.29, 0.717) is 0 Å². The molecule has 0 radical (unpaired) electrons. The number of benzene rings is 1. The van der Waals surface area contributed by atoms with Crippen LogP contribution in [-0.4, -0.2) is 12.1 Å². The minimum Gasteiger partial charge on any atom is -0.496 e. The maximum absolute atomic E-state index is 5.40. The van der Waals surface area contributed by atoms with Gasteiger partial charge in [-0.25, -0.2) is 0 Å². The van der Waals surface area contributed by atoms with E-state index in [4.69, 9.17) is 4.74 Å². The van der Waals surface area contributed by atoms with Gasteiger partial charge in [0.2, 0.25) is 0 Å². The molecule has 1 heterocycles. The Morgan fingerprint density at radius 3 is 2.53 bits per heavy atom. The molecule has 100 valence electrons. The summed E-state index contributed by atoms with van der Waals surface area (Å²) in [5.41, 5.74) is 2.35. The van der Waals surface area contributed by atoms with Crippen molar-refractivity contribution in [1.29, 1.82) is 0 Å². The van der Waals surface area contributed by atoms with Crippen molar-refractivity contribution in [3.05, 3.63) is 59.9 Å². The molecule has 0 aliphatic rings. The molecule has 2 aromatic rings. The Kier molecular flexibility index (Phi) is 4.53. The standard InChI is InChI=1S/C16H20N2O/c1-12(14-7-6-10-17-11-14)18-13(2)15-8-4-5-9-16(15)19-3/h4-13,18H,1-3H3. The van der Waals surface area contributed by atoms with Crippen LogP contribution in [0.15, 0.2) is 48.8 Å². The van der Waals surface area contributed by atoms with Crippen LogP contribution < -0.4 is 10.1 Å². The third kappa shape index (κ3) is 3.32. The van der Waals surface area contributed by atoms with Crippen molar-refractivity contribution in [2.45, 2.75) is 25.9 Å². The number of nitrogens with one attached hydrogen (secondary N) is 1. The number of nitrogens with zero attached hydrogens (tertiary/aromatic N) is 1. The van der Waals surface area contributed by atoms with E-state index in [9.17, 15) is 0 Å². The molecule has 2 unspecified atom stereocenters. The summed E-state index contributed by atoms with van der Waals surface area (Å²) in [4.78, 5) is 4.15. The molecule has 0 bridgehead atoms. The van der Waals surface area contributed by atoms with Gasteiger partial charge in [0.15, 0.2) is 0 Å². The number of aromatic nitrogens is 1. The largest absolute Gasteiger partial charge is 0.496 e. The van der Waals surface area contributed by atoms with Crippen molar-refractivity contribution in [3.8, 4) is 5.75 Å². The van der Waals surface area contributed by atoms with Gasteiger partial charge in [0.1, 0.15) is 5.75 Å². The summed E-state index contributed by atoms with van der Waals surface area (Å²) in [6, 6.07) is 12.6. The summed E-state index contributed by atoms with van der Waals surface area (Å²) in [5, 5.41) is 3.57. The molecule has 0 saturated heterocycles. The topological polar surface area (TPSA) is 34.1 Å². The highest BCUT2D eigenvalue weighted by Crippen LogP contribution is 2.26. The van der Waals surface area contributed by atoms with E-state index in [1.165, 1.54) is 11.1 Å². The maximum Gasteiger partial charge on any atom is 0.123 e. The number of ether oxygens (including phenoxy) is 1. The molecule has 0 aliphatic carbocycles. The summed E-state index contributed by atoms with van der Waals surface area (Å²) >= 11 is 0. The Labute approximate surface area is 114 Å². The second-order valence-electron chi connectivity index (χ2n) is 4.64. The van der Waals surface area contributed by atoms with Gasteiger partial charge in [0.25, 0.3) is 0 Å². The highest BCUT2D eigenvalue weighted by atomic mass is 16.5. The Morgan fingerprint density at radius 1 is 1.05 bits per heavy atom. The van der Waals surface area contributed by atoms with Crippen molar-refractivity contribution >= 4 is 0 Å². The molecular weight excluding hydrogens is 236 g/mol. The molecule has 19 heavy (non-hydrogen) atoms. The Hall–Kier alpha value is -1.87. The predicted molar refractivity (Wildman–Crippen MR) is 77.2 cm³/mol. The molecule has 1 aromatic heterocycles. The van der Waals surface area contributed by atoms with Crippen LogP contribution in [0.4, 0.5) is 0 Å². The highest BCUT2D eigenvalue weighted by molar-refractivity contribution is 5.35. The Morgan fingerprint density at radius 2 is 1.84 bits per heavy atom. The minimum absolute atomic E-state index is 0.214. The minimum atomic E-state index is 0.214. The van der Waals surface area contributed by atoms with Crippen LogP contribution in [0.3, 0.4) is 0 Å². The third-order valence-electron chi connectivity index (χ3n) is 3.29. The van der Waals surface area contributed by atoms with Crippen LogP contribution in [0.25, 0.3) is 0 Å². The van der Waals surface area contributed by atoms with Crippen molar-refractivity contribution < 1.29 is 4.74 Å². The third-order valence-corrected chi connectivity index (χ3v) is 3.29. The normalized spacial score (nSPS) is 13.8. The lowest BCUT2D eigenvalue weighted by Crippen LogP contribution is -2.23. The van der Waals surface area contributed by atoms with Crippen molar-refractivity contribution in [2.24, 2.45) is 0 Å². The second-order valence-corrected chi connectivity index (χ2v) is 4.64. The van der Waals surface area contributed by atoms with E-state index >= 15 is 0 Å². The summed E-state index contributed by atoms with van der Waals surface area (Å²) in [6.07, 6.45) is 3.69. The molecule has 0 spiro atoms. The molecule has 0 fully saturated rings. The number of pyridine rings is 1. The van der Waals surface area contributed by atoms with E-state index in [2.05, 4.69) is 36.3 Å². The molecule has 0 saturated carbocycles. The summed E-state index contributed by atoms with van der Waals surface area (Å²) in [5.74, 6) is 0.917. The molecule has 1 N–H and O–H groups in total. The number of methoxy groups -OCH3 is 1. The van der Waals surface area contributed by atoms with E-state index in [0.717, 1.165) is 5.75 Å². The van der Waals surface area contributed by atoms with Crippen molar-refractivity contribution in [2.75, 3.05) is 7.11 Å². The van der Waals surface area contributed by atoms with Crippen LogP contribution in [0.1, 0.15) is 37.1 Å². The SMILES string of the molecule is COc1ccccc1C(C)NC(C)c1cccnc1. The fraction of sp³-hybridized carbons (Fsp3) is 0.312. The molecular formula is C16H20N2O. The summed E-state index contributed by atoms with van der Waals surface area (Å²) in [7, 11) is 1.70. The van der Waals surface area contributed by atoms with Crippen LogP contribution in [0, 0.1) is 0 Å². The smallest absolute Gasteiger partial charge is 0.123 e. The molecule has 1 aromatic carbocycles. The lowest BCUT2D eigenvalue weighted by molar-refractivity contribution is 0.396. The van der Waals surface area contributed by atoms with Crippen LogP contribution in [-0.2, 0) is 0 Å². The molecule has 3 heteroatoms. The Balaban J connectivity index is 2.11. The van der Waals surface area contributed by atoms with Gasteiger partial charge < -0.3 is 10.1 Å². The lowest BCUT2D eigenvalue weighted by Gasteiger charge is -2.22. The fourth-order valence-electron chi connectivity index (χ4n) is 2.22. The van der Waals surface area contributed by atoms with E-state index in [1.54, 1.807) is 13.3 Å². The predicted octanol–water partition coefficient (Wildman–Crippen LogP) is 3.50. The monoisotopic (exact) mass is 256 g/mol. The van der Waals surface area contributed by atoms with Gasteiger partial charge >= 0.3 is 0 Å². The quantitative estimate of drug-likeness (QED) is 0.889. The van der Waals surface area contributed by atoms with Crippen LogP contribution in [0.5, 0.6) is 5.75 Å². The summed E-state index contributed by atoms with van der Waals surface area (Å²) < 4.78 is 5.40. The average molecular weight is 256 g/mol. The highest BCUT2D eigenvalue weighted by Gasteiger charge is 2.14. The first kappa shape index (κ1) is 13.6. The molecule has 2 atom stereocenters. The van der Waals surface area contributed by atoms with E-state index < -0.39 is 0 Å². The van der Waals surface area contributed by atoms with Gasteiger partial charge in [0, 0.05) is 30.0 Å². The second kappa shape index (κ2) is 6.34. The molecule has 0 amide bonds. The maximum atomic E-state index is 5.40. The first-order chi connectivity index (χ1) is 9.22. The van der Waals surface area contributed by atoms with Gasteiger partial charge in [-0.1, -0.05) is 24.3 Å². The molecule has 3 nitrogen and oxygen atoms in total. The van der Waals surface area contributed by atoms with Gasteiger partial charge in [-0.3, -0.25) is 4.98 Å². The van der Waals surface area contributed by atoms with Crippen molar-refractivity contribution in [1.82, 2.24) is 10.3 Å². The van der Waals surface area contributed by atoms with Crippen molar-refractivity contribution in [3.63, 3.8) is 0 Å². The number of hydrogen-bond donors (Lipinski definition) is 1. The average Bonchev–Trinajstić information content (AvgIpc) is 2.48. The van der Waals surface area contributed by atoms with Gasteiger partial charge in [-0.2, -0.15) is 0 Å². The zero-order valence-electron chi connectivity index (χ0n) is 11.6. The number of para-hydroxylation sites is 1. The first-order valence-corrected chi connectivity index (χ1v) is 6.51. The zero-order valence-corrected chi connectivity index (χ0v) is 11.6. The van der Waals surface area contributed by atoms with E-state index in [1.807, 2.05) is 30.5 Å². The molecule has 2 rings (SSSR count). The van der Waals surface area contributed by atoms with E-state index in [-0.39, 0.29) is 12.1 Å². The summed E-state index contributed by atoms with van der Waals surface area (Å²) in [6.45, 7) is 4.29. The molecule has 0 aliphatic heterocycles. The fourth-order valence-corrected chi connectivity index (χ4v) is 2.22. The zero-order chi connectivity index (χ0) is 13.7. The van der Waals surface area contributed by atoms with Crippen LogP contribution in [0.2, 0.25) is 0 Å². The van der Waals surface area contributed by atoms with Gasteiger partial charge in [-0.15, -0.1) is 0 Å². The number of rotatable bonds is 5. The van der Waals surface area contributed by atoms with Gasteiger partial charge in [0.05, 0.1) is 7.11 Å². The Bertz CT molecular complexity index is 513.